The predicted octanol–water partition coefficient (Wildman–Crippen LogP) is 5.00. The normalized spacial score (nSPS) is 11.9. The van der Waals surface area contributed by atoms with E-state index in [1.165, 1.54) is 6.26 Å². The van der Waals surface area contributed by atoms with Crippen molar-refractivity contribution in [3.8, 4) is 17.1 Å². The molecular formula is C15H15F3O2. The van der Waals surface area contributed by atoms with E-state index < -0.39 is 11.7 Å². The van der Waals surface area contributed by atoms with Crippen LogP contribution in [0.3, 0.4) is 0 Å². The molecule has 2 rings (SSSR count). The van der Waals surface area contributed by atoms with E-state index in [0.717, 1.165) is 12.1 Å². The van der Waals surface area contributed by atoms with E-state index in [2.05, 4.69) is 0 Å². The average molecular weight is 284 g/mol. The molecular weight excluding hydrogens is 269 g/mol. The summed E-state index contributed by atoms with van der Waals surface area (Å²) < 4.78 is 49.3. The second kappa shape index (κ2) is 5.61. The van der Waals surface area contributed by atoms with E-state index in [4.69, 9.17) is 9.15 Å². The first kappa shape index (κ1) is 14.5. The lowest BCUT2D eigenvalue weighted by Crippen LogP contribution is -2.08. The summed E-state index contributed by atoms with van der Waals surface area (Å²) >= 11 is 0. The highest BCUT2D eigenvalue weighted by atomic mass is 19.4. The highest BCUT2D eigenvalue weighted by Crippen LogP contribution is 2.35. The van der Waals surface area contributed by atoms with Gasteiger partial charge in [-0.3, -0.25) is 0 Å². The lowest BCUT2D eigenvalue weighted by Gasteiger charge is -2.13. The first-order chi connectivity index (χ1) is 9.36. The van der Waals surface area contributed by atoms with E-state index in [9.17, 15) is 13.2 Å². The second-order valence-corrected chi connectivity index (χ2v) is 4.93. The Labute approximate surface area is 115 Å². The molecule has 0 saturated heterocycles. The van der Waals surface area contributed by atoms with Crippen LogP contribution in [0.15, 0.2) is 41.0 Å². The van der Waals surface area contributed by atoms with Crippen molar-refractivity contribution in [2.75, 3.05) is 6.61 Å². The Bertz CT molecular complexity index is 557. The van der Waals surface area contributed by atoms with Crippen molar-refractivity contribution in [2.45, 2.75) is 20.0 Å². The number of hydrogen-bond donors (Lipinski definition) is 0. The summed E-state index contributed by atoms with van der Waals surface area (Å²) in [5.41, 5.74) is -0.395. The zero-order chi connectivity index (χ0) is 14.8. The molecule has 20 heavy (non-hydrogen) atoms. The van der Waals surface area contributed by atoms with Crippen LogP contribution in [0.1, 0.15) is 19.4 Å². The van der Waals surface area contributed by atoms with Crippen molar-refractivity contribution in [3.63, 3.8) is 0 Å². The van der Waals surface area contributed by atoms with Crippen LogP contribution < -0.4 is 4.74 Å². The third-order valence-corrected chi connectivity index (χ3v) is 2.62. The van der Waals surface area contributed by atoms with Gasteiger partial charge >= 0.3 is 6.18 Å². The molecule has 0 unspecified atom stereocenters. The van der Waals surface area contributed by atoms with Crippen LogP contribution >= 0.6 is 0 Å². The summed E-state index contributed by atoms with van der Waals surface area (Å²) in [6.45, 7) is 4.22. The molecule has 1 aromatic carbocycles. The van der Waals surface area contributed by atoms with E-state index in [-0.39, 0.29) is 11.7 Å². The largest absolute Gasteiger partial charge is 0.493 e. The topological polar surface area (TPSA) is 22.4 Å². The minimum atomic E-state index is -4.42. The van der Waals surface area contributed by atoms with Crippen LogP contribution in [0.5, 0.6) is 5.75 Å². The molecule has 1 heterocycles. The van der Waals surface area contributed by atoms with Gasteiger partial charge < -0.3 is 9.15 Å². The Morgan fingerprint density at radius 3 is 2.50 bits per heavy atom. The van der Waals surface area contributed by atoms with Gasteiger partial charge in [0.1, 0.15) is 11.5 Å². The maximum Gasteiger partial charge on any atom is 0.416 e. The lowest BCUT2D eigenvalue weighted by atomic mass is 10.1. The van der Waals surface area contributed by atoms with Crippen molar-refractivity contribution >= 4 is 0 Å². The monoisotopic (exact) mass is 284 g/mol. The number of ether oxygens (including phenoxy) is 1. The van der Waals surface area contributed by atoms with Crippen LogP contribution in [-0.2, 0) is 6.18 Å². The van der Waals surface area contributed by atoms with E-state index in [1.54, 1.807) is 18.2 Å². The molecule has 0 spiro atoms. The molecule has 0 saturated carbocycles. The molecule has 0 aliphatic carbocycles. The van der Waals surface area contributed by atoms with Gasteiger partial charge in [0.25, 0.3) is 0 Å². The smallest absolute Gasteiger partial charge is 0.416 e. The summed E-state index contributed by atoms with van der Waals surface area (Å²) in [6, 6.07) is 6.86. The number of benzene rings is 1. The summed E-state index contributed by atoms with van der Waals surface area (Å²) in [5.74, 6) is 0.807. The highest BCUT2D eigenvalue weighted by molar-refractivity contribution is 5.61. The number of rotatable bonds is 4. The fourth-order valence-corrected chi connectivity index (χ4v) is 1.69. The van der Waals surface area contributed by atoms with Crippen molar-refractivity contribution in [3.05, 3.63) is 42.2 Å². The van der Waals surface area contributed by atoms with Gasteiger partial charge in [0.15, 0.2) is 0 Å². The zero-order valence-corrected chi connectivity index (χ0v) is 11.2. The SMILES string of the molecule is CC(C)COc1cc(-c2ccco2)cc(C(F)(F)F)c1. The minimum Gasteiger partial charge on any atom is -0.493 e. The van der Waals surface area contributed by atoms with Crippen molar-refractivity contribution in [1.29, 1.82) is 0 Å². The molecule has 0 N–H and O–H groups in total. The predicted molar refractivity (Wildman–Crippen MR) is 69.5 cm³/mol. The van der Waals surface area contributed by atoms with Crippen LogP contribution in [0.4, 0.5) is 13.2 Å². The molecule has 0 radical (unpaired) electrons. The molecule has 0 fully saturated rings. The number of hydrogen-bond acceptors (Lipinski definition) is 2. The molecule has 0 atom stereocenters. The Hall–Kier alpha value is -1.91. The third-order valence-electron chi connectivity index (χ3n) is 2.62. The Kier molecular flexibility index (Phi) is 4.06. The first-order valence-corrected chi connectivity index (χ1v) is 6.25. The van der Waals surface area contributed by atoms with Crippen molar-refractivity contribution in [2.24, 2.45) is 5.92 Å². The van der Waals surface area contributed by atoms with Gasteiger partial charge in [-0.15, -0.1) is 0 Å². The van der Waals surface area contributed by atoms with Crippen molar-refractivity contribution in [1.82, 2.24) is 0 Å². The van der Waals surface area contributed by atoms with Crippen molar-refractivity contribution < 1.29 is 22.3 Å². The summed E-state index contributed by atoms with van der Waals surface area (Å²) in [6.07, 6.45) is -3.00. The van der Waals surface area contributed by atoms with E-state index >= 15 is 0 Å². The minimum absolute atomic E-state index is 0.194. The standard InChI is InChI=1S/C15H15F3O2/c1-10(2)9-20-13-7-11(14-4-3-5-19-14)6-12(8-13)15(16,17)18/h3-8,10H,9H2,1-2H3. The lowest BCUT2D eigenvalue weighted by molar-refractivity contribution is -0.137. The molecule has 2 nitrogen and oxygen atoms in total. The zero-order valence-electron chi connectivity index (χ0n) is 11.2. The van der Waals surface area contributed by atoms with E-state index in [0.29, 0.717) is 17.9 Å². The van der Waals surface area contributed by atoms with Crippen LogP contribution in [0.25, 0.3) is 11.3 Å². The fraction of sp³-hybridized carbons (Fsp3) is 0.333. The van der Waals surface area contributed by atoms with Crippen LogP contribution in [0.2, 0.25) is 0 Å². The molecule has 1 aromatic heterocycles. The van der Waals surface area contributed by atoms with Crippen LogP contribution in [0, 0.1) is 5.92 Å². The average Bonchev–Trinajstić information content (AvgIpc) is 2.89. The quantitative estimate of drug-likeness (QED) is 0.788. The molecule has 0 aliphatic rings. The van der Waals surface area contributed by atoms with Gasteiger partial charge in [-0.1, -0.05) is 13.8 Å². The summed E-state index contributed by atoms with van der Waals surface area (Å²) in [5, 5.41) is 0. The molecule has 2 aromatic rings. The van der Waals surface area contributed by atoms with Gasteiger partial charge in [0, 0.05) is 5.56 Å². The van der Waals surface area contributed by atoms with E-state index in [1.807, 2.05) is 13.8 Å². The summed E-state index contributed by atoms with van der Waals surface area (Å²) in [4.78, 5) is 0. The molecule has 0 bridgehead atoms. The number of halogens is 3. The Balaban J connectivity index is 2.39. The Morgan fingerprint density at radius 2 is 1.95 bits per heavy atom. The third kappa shape index (κ3) is 3.56. The molecule has 0 amide bonds. The van der Waals surface area contributed by atoms with Gasteiger partial charge in [-0.25, -0.2) is 0 Å². The van der Waals surface area contributed by atoms with Gasteiger partial charge in [-0.2, -0.15) is 13.2 Å². The highest BCUT2D eigenvalue weighted by Gasteiger charge is 2.31. The first-order valence-electron chi connectivity index (χ1n) is 6.25. The molecule has 5 heteroatoms. The summed E-state index contributed by atoms with van der Waals surface area (Å²) in [7, 11) is 0. The van der Waals surface area contributed by atoms with Crippen LogP contribution in [-0.4, -0.2) is 6.61 Å². The maximum absolute atomic E-state index is 12.9. The maximum atomic E-state index is 12.9. The van der Waals surface area contributed by atoms with Gasteiger partial charge in [-0.05, 0) is 36.2 Å². The molecule has 108 valence electrons. The van der Waals surface area contributed by atoms with Gasteiger partial charge in [0.05, 0.1) is 18.4 Å². The second-order valence-electron chi connectivity index (χ2n) is 4.93. The fourth-order valence-electron chi connectivity index (χ4n) is 1.69. The molecule has 0 aliphatic heterocycles. The van der Waals surface area contributed by atoms with Gasteiger partial charge in [0.2, 0.25) is 0 Å². The number of alkyl halides is 3. The Morgan fingerprint density at radius 1 is 1.20 bits per heavy atom. The number of furan rings is 1.